The second kappa shape index (κ2) is 7.53. The molecule has 1 aromatic carbocycles. The Morgan fingerprint density at radius 2 is 2.10 bits per heavy atom. The van der Waals surface area contributed by atoms with Gasteiger partial charge in [-0.2, -0.15) is 0 Å². The lowest BCUT2D eigenvalue weighted by Gasteiger charge is -2.30. The minimum Gasteiger partial charge on any atom is -0.329 e. The third-order valence-electron chi connectivity index (χ3n) is 3.39. The molecule has 1 aromatic heterocycles. The van der Waals surface area contributed by atoms with E-state index in [4.69, 9.17) is 5.73 Å². The third-order valence-corrected chi connectivity index (χ3v) is 3.89. The van der Waals surface area contributed by atoms with E-state index < -0.39 is 0 Å². The Kier molecular flexibility index (Phi) is 5.71. The van der Waals surface area contributed by atoms with Gasteiger partial charge in [0.05, 0.1) is 5.69 Å². The molecule has 0 bridgehead atoms. The Bertz CT molecular complexity index is 530. The van der Waals surface area contributed by atoms with Gasteiger partial charge in [-0.05, 0) is 36.4 Å². The van der Waals surface area contributed by atoms with Crippen LogP contribution in [0.3, 0.4) is 0 Å². The van der Waals surface area contributed by atoms with Crippen LogP contribution in [0.5, 0.6) is 0 Å². The van der Waals surface area contributed by atoms with Gasteiger partial charge in [0.2, 0.25) is 0 Å². The number of pyridine rings is 1. The minimum atomic E-state index is 0.208. The number of halogens is 1. The summed E-state index contributed by atoms with van der Waals surface area (Å²) in [5, 5.41) is 0. The summed E-state index contributed by atoms with van der Waals surface area (Å²) in [6.45, 7) is 4.50. The molecule has 0 amide bonds. The lowest BCUT2D eigenvalue weighted by molar-refractivity contribution is 0.201. The molecule has 20 heavy (non-hydrogen) atoms. The summed E-state index contributed by atoms with van der Waals surface area (Å²) < 4.78 is 1.09. The van der Waals surface area contributed by atoms with Crippen molar-refractivity contribution >= 4 is 15.9 Å². The summed E-state index contributed by atoms with van der Waals surface area (Å²) in [7, 11) is 0. The second-order valence-corrected chi connectivity index (χ2v) is 5.61. The smallest absolute Gasteiger partial charge is 0.0544 e. The van der Waals surface area contributed by atoms with Gasteiger partial charge in [-0.3, -0.25) is 9.88 Å². The number of aromatic nitrogens is 1. The number of rotatable bonds is 6. The van der Waals surface area contributed by atoms with E-state index in [9.17, 15) is 0 Å². The van der Waals surface area contributed by atoms with E-state index in [1.54, 1.807) is 0 Å². The van der Waals surface area contributed by atoms with Crippen molar-refractivity contribution in [3.8, 4) is 0 Å². The van der Waals surface area contributed by atoms with Gasteiger partial charge in [-0.25, -0.2) is 0 Å². The average Bonchev–Trinajstić information content (AvgIpc) is 2.48. The molecule has 2 rings (SSSR count). The van der Waals surface area contributed by atoms with E-state index in [1.165, 1.54) is 5.56 Å². The number of hydrogen-bond donors (Lipinski definition) is 1. The summed E-state index contributed by atoms with van der Waals surface area (Å²) in [4.78, 5) is 6.75. The maximum atomic E-state index is 6.01. The molecule has 0 radical (unpaired) electrons. The first-order valence-corrected chi connectivity index (χ1v) is 7.63. The molecule has 2 N–H and O–H groups in total. The van der Waals surface area contributed by atoms with Gasteiger partial charge < -0.3 is 5.73 Å². The first kappa shape index (κ1) is 15.2. The summed E-state index contributed by atoms with van der Waals surface area (Å²) in [6, 6.07) is 14.6. The van der Waals surface area contributed by atoms with Crippen LogP contribution in [0.4, 0.5) is 0 Å². The van der Waals surface area contributed by atoms with Gasteiger partial charge in [-0.1, -0.05) is 41.1 Å². The monoisotopic (exact) mass is 333 g/mol. The van der Waals surface area contributed by atoms with Crippen LogP contribution in [-0.2, 0) is 6.54 Å². The highest BCUT2D eigenvalue weighted by molar-refractivity contribution is 9.10. The van der Waals surface area contributed by atoms with Crippen molar-refractivity contribution in [2.24, 2.45) is 5.73 Å². The third kappa shape index (κ3) is 3.88. The Morgan fingerprint density at radius 3 is 2.70 bits per heavy atom. The predicted molar refractivity (Wildman–Crippen MR) is 86.3 cm³/mol. The Balaban J connectivity index is 2.19. The zero-order valence-electron chi connectivity index (χ0n) is 11.7. The van der Waals surface area contributed by atoms with Crippen molar-refractivity contribution < 1.29 is 0 Å². The van der Waals surface area contributed by atoms with E-state index in [0.717, 1.165) is 23.3 Å². The number of hydrogen-bond acceptors (Lipinski definition) is 3. The number of benzene rings is 1. The largest absolute Gasteiger partial charge is 0.329 e. The maximum Gasteiger partial charge on any atom is 0.0544 e. The van der Waals surface area contributed by atoms with Gasteiger partial charge in [0.15, 0.2) is 0 Å². The van der Waals surface area contributed by atoms with Crippen LogP contribution >= 0.6 is 15.9 Å². The normalized spacial score (nSPS) is 12.6. The summed E-state index contributed by atoms with van der Waals surface area (Å²) in [5.41, 5.74) is 8.32. The van der Waals surface area contributed by atoms with E-state index in [0.29, 0.717) is 6.54 Å². The fraction of sp³-hybridized carbons (Fsp3) is 0.312. The van der Waals surface area contributed by atoms with Crippen molar-refractivity contribution in [3.63, 3.8) is 0 Å². The number of likely N-dealkylation sites (N-methyl/N-ethyl adjacent to an activating group) is 1. The van der Waals surface area contributed by atoms with Crippen molar-refractivity contribution in [2.45, 2.75) is 19.5 Å². The van der Waals surface area contributed by atoms with E-state index in [2.05, 4.69) is 57.0 Å². The lowest BCUT2D eigenvalue weighted by Crippen LogP contribution is -2.33. The molecule has 0 aliphatic rings. The SMILES string of the molecule is CCN(Cc1ccccn1)C(CN)c1cccc(Br)c1. The molecule has 0 saturated heterocycles. The second-order valence-electron chi connectivity index (χ2n) is 4.69. The predicted octanol–water partition coefficient (Wildman–Crippen LogP) is 3.37. The maximum absolute atomic E-state index is 6.01. The van der Waals surface area contributed by atoms with E-state index in [1.807, 2.05) is 24.4 Å². The Labute approximate surface area is 129 Å². The fourth-order valence-corrected chi connectivity index (χ4v) is 2.77. The fourth-order valence-electron chi connectivity index (χ4n) is 2.35. The molecule has 0 fully saturated rings. The lowest BCUT2D eigenvalue weighted by atomic mass is 10.1. The zero-order valence-corrected chi connectivity index (χ0v) is 13.3. The highest BCUT2D eigenvalue weighted by Gasteiger charge is 2.18. The highest BCUT2D eigenvalue weighted by Crippen LogP contribution is 2.24. The first-order valence-electron chi connectivity index (χ1n) is 6.84. The summed E-state index contributed by atoms with van der Waals surface area (Å²) in [6.07, 6.45) is 1.83. The number of nitrogens with two attached hydrogens (primary N) is 1. The summed E-state index contributed by atoms with van der Waals surface area (Å²) >= 11 is 3.53. The quantitative estimate of drug-likeness (QED) is 0.881. The Hall–Kier alpha value is -1.23. The molecule has 0 aliphatic carbocycles. The van der Waals surface area contributed by atoms with Crippen LogP contribution in [-0.4, -0.2) is 23.0 Å². The van der Waals surface area contributed by atoms with Gasteiger partial charge in [-0.15, -0.1) is 0 Å². The van der Waals surface area contributed by atoms with Crippen molar-refractivity contribution in [3.05, 3.63) is 64.4 Å². The van der Waals surface area contributed by atoms with Crippen LogP contribution in [0.15, 0.2) is 53.1 Å². The molecule has 1 heterocycles. The Morgan fingerprint density at radius 1 is 1.25 bits per heavy atom. The van der Waals surface area contributed by atoms with E-state index >= 15 is 0 Å². The molecule has 0 spiro atoms. The van der Waals surface area contributed by atoms with Gasteiger partial charge in [0, 0.05) is 29.8 Å². The van der Waals surface area contributed by atoms with Crippen molar-refractivity contribution in [1.29, 1.82) is 0 Å². The molecule has 0 saturated carbocycles. The van der Waals surface area contributed by atoms with Gasteiger partial charge >= 0.3 is 0 Å². The molecule has 106 valence electrons. The first-order chi connectivity index (χ1) is 9.74. The summed E-state index contributed by atoms with van der Waals surface area (Å²) in [5.74, 6) is 0. The average molecular weight is 334 g/mol. The number of nitrogens with zero attached hydrogens (tertiary/aromatic N) is 2. The molecular formula is C16H20BrN3. The molecule has 4 heteroatoms. The van der Waals surface area contributed by atoms with Gasteiger partial charge in [0.25, 0.3) is 0 Å². The molecular weight excluding hydrogens is 314 g/mol. The standard InChI is InChI=1S/C16H20BrN3/c1-2-20(12-15-8-3-4-9-19-15)16(11-18)13-6-5-7-14(17)10-13/h3-10,16H,2,11-12,18H2,1H3. The molecule has 2 aromatic rings. The van der Waals surface area contributed by atoms with Crippen LogP contribution < -0.4 is 5.73 Å². The topological polar surface area (TPSA) is 42.2 Å². The van der Waals surface area contributed by atoms with Crippen LogP contribution in [0.1, 0.15) is 24.2 Å². The minimum absolute atomic E-state index is 0.208. The van der Waals surface area contributed by atoms with Crippen LogP contribution in [0.25, 0.3) is 0 Å². The van der Waals surface area contributed by atoms with Crippen LogP contribution in [0.2, 0.25) is 0 Å². The highest BCUT2D eigenvalue weighted by atomic mass is 79.9. The van der Waals surface area contributed by atoms with Gasteiger partial charge in [0.1, 0.15) is 0 Å². The van der Waals surface area contributed by atoms with Crippen LogP contribution in [0, 0.1) is 0 Å². The van der Waals surface area contributed by atoms with E-state index in [-0.39, 0.29) is 6.04 Å². The molecule has 1 atom stereocenters. The van der Waals surface area contributed by atoms with Crippen molar-refractivity contribution in [1.82, 2.24) is 9.88 Å². The van der Waals surface area contributed by atoms with Crippen molar-refractivity contribution in [2.75, 3.05) is 13.1 Å². The molecule has 3 nitrogen and oxygen atoms in total. The molecule has 1 unspecified atom stereocenters. The zero-order chi connectivity index (χ0) is 14.4. The molecule has 0 aliphatic heterocycles.